The Morgan fingerprint density at radius 1 is 1.38 bits per heavy atom. The van der Waals surface area contributed by atoms with Crippen LogP contribution in [0.4, 0.5) is 5.69 Å². The van der Waals surface area contributed by atoms with Crippen molar-refractivity contribution in [3.8, 4) is 17.6 Å². The maximum atomic E-state index is 11.7. The summed E-state index contributed by atoms with van der Waals surface area (Å²) in [5.74, 6) is 0.813. The third-order valence-corrected chi connectivity index (χ3v) is 2.68. The number of nitriles is 1. The van der Waals surface area contributed by atoms with E-state index in [4.69, 9.17) is 14.7 Å². The van der Waals surface area contributed by atoms with E-state index in [2.05, 4.69) is 10.6 Å². The molecule has 0 atom stereocenters. The van der Waals surface area contributed by atoms with Gasteiger partial charge in [-0.2, -0.15) is 5.26 Å². The number of rotatable bonds is 7. The maximum absolute atomic E-state index is 11.7. The Balaban J connectivity index is 2.90. The number of hydrogen-bond acceptors (Lipinski definition) is 5. The van der Waals surface area contributed by atoms with E-state index in [0.29, 0.717) is 23.7 Å². The first-order valence-corrected chi connectivity index (χ1v) is 6.53. The number of amides is 1. The average molecular weight is 289 g/mol. The second-order valence-electron chi connectivity index (χ2n) is 4.14. The van der Waals surface area contributed by atoms with Gasteiger partial charge in [-0.05, 0) is 18.6 Å². The number of ether oxygens (including phenoxy) is 2. The summed E-state index contributed by atoms with van der Waals surface area (Å²) in [5.41, 5.74) is 0.598. The highest BCUT2D eigenvalue weighted by Crippen LogP contribution is 2.28. The van der Waals surface area contributed by atoms with Crippen LogP contribution in [0.2, 0.25) is 0 Å². The van der Waals surface area contributed by atoms with Gasteiger partial charge in [0, 0.05) is 18.8 Å². The Bertz CT molecular complexity index is 562. The summed E-state index contributed by atoms with van der Waals surface area (Å²) in [7, 11) is 3.09. The topological polar surface area (TPSA) is 83.4 Å². The lowest BCUT2D eigenvalue weighted by Gasteiger charge is -2.10. The lowest BCUT2D eigenvalue weighted by Crippen LogP contribution is -2.25. The van der Waals surface area contributed by atoms with E-state index in [9.17, 15) is 4.79 Å². The molecule has 0 aromatic heterocycles. The van der Waals surface area contributed by atoms with E-state index in [0.717, 1.165) is 6.42 Å². The molecule has 0 aliphatic heterocycles. The third kappa shape index (κ3) is 4.73. The van der Waals surface area contributed by atoms with E-state index >= 15 is 0 Å². The van der Waals surface area contributed by atoms with Crippen molar-refractivity contribution in [1.29, 1.82) is 5.26 Å². The molecule has 1 rings (SSSR count). The zero-order chi connectivity index (χ0) is 15.7. The molecule has 6 heteroatoms. The molecule has 2 N–H and O–H groups in total. The SMILES string of the molecule is CCCNC(=O)/C(C#N)=C\Nc1cc(OC)ccc1OC. The second kappa shape index (κ2) is 8.48. The molecule has 0 radical (unpaired) electrons. The molecule has 21 heavy (non-hydrogen) atoms. The first-order chi connectivity index (χ1) is 10.2. The number of benzene rings is 1. The molecule has 6 nitrogen and oxygen atoms in total. The molecule has 0 spiro atoms. The molecule has 112 valence electrons. The summed E-state index contributed by atoms with van der Waals surface area (Å²) in [6.45, 7) is 2.47. The van der Waals surface area contributed by atoms with Gasteiger partial charge in [0.2, 0.25) is 0 Å². The normalized spacial score (nSPS) is 10.5. The highest BCUT2D eigenvalue weighted by molar-refractivity contribution is 5.97. The summed E-state index contributed by atoms with van der Waals surface area (Å²) in [6, 6.07) is 7.07. The number of carbonyl (C=O) groups is 1. The average Bonchev–Trinajstić information content (AvgIpc) is 2.53. The molecule has 0 aliphatic carbocycles. The van der Waals surface area contributed by atoms with Crippen LogP contribution in [0.25, 0.3) is 0 Å². The molecule has 1 aromatic rings. The number of anilines is 1. The lowest BCUT2D eigenvalue weighted by atomic mass is 10.2. The van der Waals surface area contributed by atoms with Crippen molar-refractivity contribution in [3.05, 3.63) is 30.0 Å². The number of hydrogen-bond donors (Lipinski definition) is 2. The Morgan fingerprint density at radius 2 is 2.14 bits per heavy atom. The van der Waals surface area contributed by atoms with Crippen molar-refractivity contribution >= 4 is 11.6 Å². The van der Waals surface area contributed by atoms with Gasteiger partial charge in [-0.25, -0.2) is 0 Å². The summed E-state index contributed by atoms with van der Waals surface area (Å²) in [4.78, 5) is 11.7. The molecule has 1 aromatic carbocycles. The van der Waals surface area contributed by atoms with E-state index in [1.807, 2.05) is 13.0 Å². The fourth-order valence-corrected chi connectivity index (χ4v) is 1.56. The van der Waals surface area contributed by atoms with Gasteiger partial charge in [0.1, 0.15) is 23.1 Å². The van der Waals surface area contributed by atoms with Crippen molar-refractivity contribution in [2.45, 2.75) is 13.3 Å². The number of nitrogens with zero attached hydrogens (tertiary/aromatic N) is 1. The fourth-order valence-electron chi connectivity index (χ4n) is 1.56. The summed E-state index contributed by atoms with van der Waals surface area (Å²) >= 11 is 0. The molecule has 0 aliphatic rings. The largest absolute Gasteiger partial charge is 0.497 e. The van der Waals surface area contributed by atoms with Crippen LogP contribution < -0.4 is 20.1 Å². The van der Waals surface area contributed by atoms with Crippen molar-refractivity contribution < 1.29 is 14.3 Å². The first-order valence-electron chi connectivity index (χ1n) is 6.53. The zero-order valence-corrected chi connectivity index (χ0v) is 12.4. The number of nitrogens with one attached hydrogen (secondary N) is 2. The summed E-state index contributed by atoms with van der Waals surface area (Å²) in [5, 5.41) is 14.6. The Hall–Kier alpha value is -2.68. The molecule has 0 unspecified atom stereocenters. The van der Waals surface area contributed by atoms with Crippen LogP contribution in [0.3, 0.4) is 0 Å². The Kier molecular flexibility index (Phi) is 6.61. The minimum atomic E-state index is -0.409. The molecule has 0 saturated heterocycles. The summed E-state index contributed by atoms with van der Waals surface area (Å²) in [6.07, 6.45) is 2.16. The number of carbonyl (C=O) groups excluding carboxylic acids is 1. The predicted molar refractivity (Wildman–Crippen MR) is 80.2 cm³/mol. The van der Waals surface area contributed by atoms with Gasteiger partial charge in [-0.1, -0.05) is 6.92 Å². The zero-order valence-electron chi connectivity index (χ0n) is 12.4. The van der Waals surface area contributed by atoms with Crippen LogP contribution in [0.15, 0.2) is 30.0 Å². The van der Waals surface area contributed by atoms with Crippen LogP contribution in [-0.4, -0.2) is 26.7 Å². The van der Waals surface area contributed by atoms with Crippen LogP contribution in [0.5, 0.6) is 11.5 Å². The van der Waals surface area contributed by atoms with Crippen molar-refractivity contribution in [3.63, 3.8) is 0 Å². The standard InChI is InChI=1S/C15H19N3O3/c1-4-7-17-15(19)11(9-16)10-18-13-8-12(20-2)5-6-14(13)21-3/h5-6,8,10,18H,4,7H2,1-3H3,(H,17,19)/b11-10-. The van der Waals surface area contributed by atoms with Crippen LogP contribution in [0, 0.1) is 11.3 Å². The fraction of sp³-hybridized carbons (Fsp3) is 0.333. The number of methoxy groups -OCH3 is 2. The molecular formula is C15H19N3O3. The molecule has 1 amide bonds. The van der Waals surface area contributed by atoms with Gasteiger partial charge < -0.3 is 20.1 Å². The van der Waals surface area contributed by atoms with Crippen molar-refractivity contribution in [2.24, 2.45) is 0 Å². The first kappa shape index (κ1) is 16.4. The lowest BCUT2D eigenvalue weighted by molar-refractivity contribution is -0.117. The van der Waals surface area contributed by atoms with Crippen LogP contribution in [-0.2, 0) is 4.79 Å². The quantitative estimate of drug-likeness (QED) is 0.593. The van der Waals surface area contributed by atoms with E-state index in [-0.39, 0.29) is 5.57 Å². The van der Waals surface area contributed by atoms with E-state index in [1.54, 1.807) is 25.3 Å². The second-order valence-corrected chi connectivity index (χ2v) is 4.14. The molecule has 0 saturated carbocycles. The smallest absolute Gasteiger partial charge is 0.263 e. The van der Waals surface area contributed by atoms with Gasteiger partial charge in [0.25, 0.3) is 5.91 Å². The highest BCUT2D eigenvalue weighted by atomic mass is 16.5. The molecular weight excluding hydrogens is 270 g/mol. The monoisotopic (exact) mass is 289 g/mol. The maximum Gasteiger partial charge on any atom is 0.263 e. The van der Waals surface area contributed by atoms with Crippen LogP contribution >= 0.6 is 0 Å². The molecule has 0 fully saturated rings. The Labute approximate surface area is 124 Å². The molecule has 0 heterocycles. The summed E-state index contributed by atoms with van der Waals surface area (Å²) < 4.78 is 10.3. The van der Waals surface area contributed by atoms with Crippen molar-refractivity contribution in [2.75, 3.05) is 26.1 Å². The van der Waals surface area contributed by atoms with Crippen LogP contribution in [0.1, 0.15) is 13.3 Å². The van der Waals surface area contributed by atoms with Gasteiger partial charge in [-0.15, -0.1) is 0 Å². The highest BCUT2D eigenvalue weighted by Gasteiger charge is 2.09. The molecule has 0 bridgehead atoms. The van der Waals surface area contributed by atoms with Gasteiger partial charge >= 0.3 is 0 Å². The van der Waals surface area contributed by atoms with Gasteiger partial charge in [0.05, 0.1) is 19.9 Å². The minimum Gasteiger partial charge on any atom is -0.497 e. The van der Waals surface area contributed by atoms with E-state index < -0.39 is 5.91 Å². The predicted octanol–water partition coefficient (Wildman–Crippen LogP) is 2.05. The van der Waals surface area contributed by atoms with E-state index in [1.165, 1.54) is 13.3 Å². The van der Waals surface area contributed by atoms with Crippen molar-refractivity contribution in [1.82, 2.24) is 5.32 Å². The Morgan fingerprint density at radius 3 is 2.71 bits per heavy atom. The minimum absolute atomic E-state index is 0.00618. The van der Waals surface area contributed by atoms with Gasteiger partial charge in [0.15, 0.2) is 0 Å². The third-order valence-electron chi connectivity index (χ3n) is 2.68. The van der Waals surface area contributed by atoms with Gasteiger partial charge in [-0.3, -0.25) is 4.79 Å².